The van der Waals surface area contributed by atoms with Gasteiger partial charge in [0.2, 0.25) is 0 Å². The van der Waals surface area contributed by atoms with Gasteiger partial charge in [-0.3, -0.25) is 9.69 Å². The minimum absolute atomic E-state index is 0.00171. The molecule has 21 heavy (non-hydrogen) atoms. The van der Waals surface area contributed by atoms with Crippen molar-refractivity contribution in [1.29, 1.82) is 0 Å². The summed E-state index contributed by atoms with van der Waals surface area (Å²) in [5.74, 6) is -0.984. The normalized spacial score (nSPS) is 19.7. The Morgan fingerprint density at radius 3 is 2.67 bits per heavy atom. The van der Waals surface area contributed by atoms with Crippen LogP contribution >= 0.6 is 0 Å². The second-order valence-electron chi connectivity index (χ2n) is 6.66. The molecule has 1 aromatic rings. The van der Waals surface area contributed by atoms with E-state index >= 15 is 0 Å². The third-order valence-electron chi connectivity index (χ3n) is 3.85. The van der Waals surface area contributed by atoms with Crippen LogP contribution in [0.5, 0.6) is 5.75 Å². The number of carboxylic acids is 1. The van der Waals surface area contributed by atoms with E-state index in [9.17, 15) is 9.90 Å². The summed E-state index contributed by atoms with van der Waals surface area (Å²) >= 11 is 0. The number of hydrogen-bond donors (Lipinski definition) is 2. The van der Waals surface area contributed by atoms with Gasteiger partial charge in [0.1, 0.15) is 5.75 Å². The van der Waals surface area contributed by atoms with Gasteiger partial charge in [0, 0.05) is 25.2 Å². The molecule has 0 aliphatic carbocycles. The first-order valence-electron chi connectivity index (χ1n) is 7.21. The zero-order valence-electron chi connectivity index (χ0n) is 12.8. The molecule has 0 amide bonds. The highest BCUT2D eigenvalue weighted by atomic mass is 16.4. The maximum atomic E-state index is 11.0. The minimum Gasteiger partial charge on any atom is -0.508 e. The number of aromatic hydroxyl groups is 1. The summed E-state index contributed by atoms with van der Waals surface area (Å²) in [6, 6.07) is 5.78. The largest absolute Gasteiger partial charge is 0.508 e. The molecule has 4 heteroatoms. The molecule has 1 heterocycles. The Balaban J connectivity index is 2.10. The van der Waals surface area contributed by atoms with Crippen molar-refractivity contribution in [2.24, 2.45) is 5.92 Å². The molecule has 1 unspecified atom stereocenters. The number of carboxylic acid groups (broad SMARTS) is 1. The Hall–Kier alpha value is -1.81. The highest BCUT2D eigenvalue weighted by molar-refractivity contribution is 5.72. The number of phenols is 1. The second kappa shape index (κ2) is 5.90. The lowest BCUT2D eigenvalue weighted by Crippen LogP contribution is -2.35. The molecule has 0 saturated heterocycles. The average Bonchev–Trinajstić information content (AvgIpc) is 2.40. The average molecular weight is 289 g/mol. The Kier molecular flexibility index (Phi) is 4.37. The molecule has 2 rings (SSSR count). The van der Waals surface area contributed by atoms with Gasteiger partial charge in [0.25, 0.3) is 0 Å². The van der Waals surface area contributed by atoms with Crippen LogP contribution in [0, 0.1) is 5.92 Å². The zero-order valence-corrected chi connectivity index (χ0v) is 12.8. The van der Waals surface area contributed by atoms with Crippen molar-refractivity contribution in [3.05, 3.63) is 41.5 Å². The lowest BCUT2D eigenvalue weighted by molar-refractivity contribution is -0.140. The Morgan fingerprint density at radius 2 is 2.10 bits per heavy atom. The molecule has 1 aromatic carbocycles. The van der Waals surface area contributed by atoms with Gasteiger partial charge in [0.05, 0.1) is 5.92 Å². The van der Waals surface area contributed by atoms with Crippen molar-refractivity contribution in [3.63, 3.8) is 0 Å². The lowest BCUT2D eigenvalue weighted by atomic mass is 9.86. The van der Waals surface area contributed by atoms with E-state index < -0.39 is 11.9 Å². The van der Waals surface area contributed by atoms with Gasteiger partial charge in [-0.1, -0.05) is 45.1 Å². The summed E-state index contributed by atoms with van der Waals surface area (Å²) in [6.45, 7) is 8.07. The molecule has 1 atom stereocenters. The van der Waals surface area contributed by atoms with E-state index in [4.69, 9.17) is 5.11 Å². The highest BCUT2D eigenvalue weighted by Crippen LogP contribution is 2.29. The van der Waals surface area contributed by atoms with Gasteiger partial charge in [-0.25, -0.2) is 0 Å². The monoisotopic (exact) mass is 289 g/mol. The first kappa shape index (κ1) is 15.6. The predicted octanol–water partition coefficient (Wildman–Crippen LogP) is 2.76. The summed E-state index contributed by atoms with van der Waals surface area (Å²) in [4.78, 5) is 13.1. The van der Waals surface area contributed by atoms with Gasteiger partial charge in [0.15, 0.2) is 0 Å². The quantitative estimate of drug-likeness (QED) is 0.840. The number of rotatable bonds is 3. The van der Waals surface area contributed by atoms with E-state index in [2.05, 4.69) is 20.8 Å². The van der Waals surface area contributed by atoms with Crippen LogP contribution in [0.3, 0.4) is 0 Å². The van der Waals surface area contributed by atoms with Crippen LogP contribution in [0.15, 0.2) is 30.4 Å². The summed E-state index contributed by atoms with van der Waals surface area (Å²) in [5, 5.41) is 19.3. The van der Waals surface area contributed by atoms with Crippen LogP contribution in [-0.2, 0) is 16.8 Å². The summed E-state index contributed by atoms with van der Waals surface area (Å²) in [6.07, 6.45) is 3.62. The van der Waals surface area contributed by atoms with Crippen molar-refractivity contribution in [2.45, 2.75) is 32.7 Å². The smallest absolute Gasteiger partial charge is 0.311 e. The van der Waals surface area contributed by atoms with Crippen molar-refractivity contribution < 1.29 is 15.0 Å². The molecule has 1 aliphatic heterocycles. The molecule has 0 aromatic heterocycles. The molecule has 0 spiro atoms. The van der Waals surface area contributed by atoms with Crippen LogP contribution < -0.4 is 0 Å². The molecular weight excluding hydrogens is 266 g/mol. The van der Waals surface area contributed by atoms with Crippen LogP contribution in [0.25, 0.3) is 0 Å². The van der Waals surface area contributed by atoms with Crippen LogP contribution in [-0.4, -0.2) is 34.2 Å². The van der Waals surface area contributed by atoms with E-state index in [1.807, 2.05) is 29.2 Å². The van der Waals surface area contributed by atoms with Crippen molar-refractivity contribution >= 4 is 5.97 Å². The molecule has 2 N–H and O–H groups in total. The molecule has 114 valence electrons. The van der Waals surface area contributed by atoms with E-state index in [0.29, 0.717) is 19.6 Å². The highest BCUT2D eigenvalue weighted by Gasteiger charge is 2.22. The predicted molar refractivity (Wildman–Crippen MR) is 82.3 cm³/mol. The first-order valence-corrected chi connectivity index (χ1v) is 7.21. The molecule has 1 aliphatic rings. The fourth-order valence-electron chi connectivity index (χ4n) is 2.48. The zero-order chi connectivity index (χ0) is 15.6. The third-order valence-corrected chi connectivity index (χ3v) is 3.85. The van der Waals surface area contributed by atoms with Crippen LogP contribution in [0.1, 0.15) is 31.9 Å². The number of hydrogen-bond acceptors (Lipinski definition) is 3. The molecule has 0 fully saturated rings. The molecule has 0 radical (unpaired) electrons. The maximum Gasteiger partial charge on any atom is 0.311 e. The maximum absolute atomic E-state index is 11.0. The third kappa shape index (κ3) is 3.85. The SMILES string of the molecule is CC(C)(C)c1ccc(CN2CC=CC(C(=O)O)C2)c(O)c1. The second-order valence-corrected chi connectivity index (χ2v) is 6.66. The van der Waals surface area contributed by atoms with E-state index in [0.717, 1.165) is 11.1 Å². The van der Waals surface area contributed by atoms with Gasteiger partial charge >= 0.3 is 5.97 Å². The van der Waals surface area contributed by atoms with E-state index in [1.54, 1.807) is 6.08 Å². The van der Waals surface area contributed by atoms with Crippen molar-refractivity contribution in [3.8, 4) is 5.75 Å². The number of phenolic OH excluding ortho intramolecular Hbond substituents is 1. The molecule has 0 bridgehead atoms. The van der Waals surface area contributed by atoms with Crippen molar-refractivity contribution in [1.82, 2.24) is 4.90 Å². The topological polar surface area (TPSA) is 60.8 Å². The standard InChI is InChI=1S/C17H23NO3/c1-17(2,3)14-7-6-12(15(19)9-14)10-18-8-4-5-13(11-18)16(20)21/h4-7,9,13,19H,8,10-11H2,1-3H3,(H,20,21). The van der Waals surface area contributed by atoms with E-state index in [1.165, 1.54) is 0 Å². The summed E-state index contributed by atoms with van der Waals surface area (Å²) in [7, 11) is 0. The van der Waals surface area contributed by atoms with Gasteiger partial charge in [-0.15, -0.1) is 0 Å². The summed E-state index contributed by atoms with van der Waals surface area (Å²) < 4.78 is 0. The fourth-order valence-corrected chi connectivity index (χ4v) is 2.48. The van der Waals surface area contributed by atoms with Crippen LogP contribution in [0.4, 0.5) is 0 Å². The Labute approximate surface area is 125 Å². The number of carbonyl (C=O) groups is 1. The molecule has 4 nitrogen and oxygen atoms in total. The van der Waals surface area contributed by atoms with Crippen LogP contribution in [0.2, 0.25) is 0 Å². The van der Waals surface area contributed by atoms with Gasteiger partial charge in [-0.05, 0) is 17.0 Å². The number of benzene rings is 1. The van der Waals surface area contributed by atoms with Gasteiger partial charge < -0.3 is 10.2 Å². The molecule has 0 saturated carbocycles. The Morgan fingerprint density at radius 1 is 1.38 bits per heavy atom. The van der Waals surface area contributed by atoms with E-state index in [-0.39, 0.29) is 11.2 Å². The number of aliphatic carboxylic acids is 1. The molecular formula is C17H23NO3. The fraction of sp³-hybridized carbons (Fsp3) is 0.471. The number of nitrogens with zero attached hydrogens (tertiary/aromatic N) is 1. The van der Waals surface area contributed by atoms with Crippen molar-refractivity contribution in [2.75, 3.05) is 13.1 Å². The lowest BCUT2D eigenvalue weighted by Gasteiger charge is -2.27. The van der Waals surface area contributed by atoms with Gasteiger partial charge in [-0.2, -0.15) is 0 Å². The first-order chi connectivity index (χ1) is 9.77. The Bertz CT molecular complexity index is 558. The summed E-state index contributed by atoms with van der Waals surface area (Å²) in [5.41, 5.74) is 1.92. The minimum atomic E-state index is -0.803.